The minimum absolute atomic E-state index is 0.220. The molecule has 1 fully saturated rings. The lowest BCUT2D eigenvalue weighted by Crippen LogP contribution is -2.34. The van der Waals surface area contributed by atoms with Gasteiger partial charge < -0.3 is 15.3 Å². The van der Waals surface area contributed by atoms with Crippen molar-refractivity contribution in [3.63, 3.8) is 0 Å². The molecule has 1 aromatic carbocycles. The number of anilines is 1. The number of carboxylic acids is 1. The molecular weight excluding hydrogens is 276 g/mol. The Bertz CT molecular complexity index is 507. The van der Waals surface area contributed by atoms with Gasteiger partial charge in [-0.05, 0) is 24.3 Å². The highest BCUT2D eigenvalue weighted by molar-refractivity contribution is 7.97. The largest absolute Gasteiger partial charge is 0.481 e. The van der Waals surface area contributed by atoms with Gasteiger partial charge in [-0.3, -0.25) is 4.79 Å². The fraction of sp³-hybridized carbons (Fsp3) is 0.429. The van der Waals surface area contributed by atoms with Crippen LogP contribution in [0.5, 0.6) is 0 Å². The molecule has 1 aromatic rings. The first-order valence-corrected chi connectivity index (χ1v) is 7.86. The van der Waals surface area contributed by atoms with E-state index in [9.17, 15) is 9.59 Å². The van der Waals surface area contributed by atoms with Crippen molar-refractivity contribution in [2.45, 2.75) is 12.2 Å². The zero-order valence-electron chi connectivity index (χ0n) is 11.3. The summed E-state index contributed by atoms with van der Waals surface area (Å²) in [6.07, 6.45) is 2.53. The van der Waals surface area contributed by atoms with E-state index in [0.29, 0.717) is 13.0 Å². The highest BCUT2D eigenvalue weighted by atomic mass is 32.2. The van der Waals surface area contributed by atoms with E-state index in [1.807, 2.05) is 30.5 Å². The molecule has 0 saturated carbocycles. The third-order valence-corrected chi connectivity index (χ3v) is 3.98. The van der Waals surface area contributed by atoms with Gasteiger partial charge >= 0.3 is 12.0 Å². The molecule has 0 bridgehead atoms. The zero-order chi connectivity index (χ0) is 14.5. The maximum absolute atomic E-state index is 12.2. The second-order valence-corrected chi connectivity index (χ2v) is 5.66. The van der Waals surface area contributed by atoms with Crippen molar-refractivity contribution in [3.8, 4) is 0 Å². The van der Waals surface area contributed by atoms with Gasteiger partial charge in [0.05, 0.1) is 5.92 Å². The number of amides is 2. The maximum atomic E-state index is 12.2. The Labute approximate surface area is 122 Å². The minimum atomic E-state index is -0.830. The van der Waals surface area contributed by atoms with Crippen LogP contribution < -0.4 is 5.32 Å². The number of carbonyl (C=O) groups is 2. The van der Waals surface area contributed by atoms with Crippen LogP contribution in [0.15, 0.2) is 24.3 Å². The zero-order valence-corrected chi connectivity index (χ0v) is 12.2. The van der Waals surface area contributed by atoms with Crippen LogP contribution in [0, 0.1) is 5.92 Å². The normalized spacial score (nSPS) is 18.1. The standard InChI is InChI=1S/C14H18N2O3S/c1-20-9-11-4-2-3-5-12(11)15-14(19)16-7-6-10(8-16)13(17)18/h2-5,10H,6-9H2,1H3,(H,15,19)(H,17,18). The number of hydrogen-bond acceptors (Lipinski definition) is 3. The fourth-order valence-electron chi connectivity index (χ4n) is 2.26. The number of para-hydroxylation sites is 1. The van der Waals surface area contributed by atoms with Gasteiger partial charge in [0.25, 0.3) is 0 Å². The lowest BCUT2D eigenvalue weighted by molar-refractivity contribution is -0.141. The van der Waals surface area contributed by atoms with Gasteiger partial charge in [0.15, 0.2) is 0 Å². The first-order valence-electron chi connectivity index (χ1n) is 6.47. The van der Waals surface area contributed by atoms with Crippen LogP contribution in [0.4, 0.5) is 10.5 Å². The van der Waals surface area contributed by atoms with E-state index in [2.05, 4.69) is 5.32 Å². The molecule has 1 atom stereocenters. The highest BCUT2D eigenvalue weighted by Gasteiger charge is 2.30. The maximum Gasteiger partial charge on any atom is 0.321 e. The third-order valence-electron chi connectivity index (χ3n) is 3.38. The number of thioether (sulfide) groups is 1. The second-order valence-electron chi connectivity index (χ2n) is 4.79. The van der Waals surface area contributed by atoms with Gasteiger partial charge in [-0.2, -0.15) is 11.8 Å². The van der Waals surface area contributed by atoms with Crippen molar-refractivity contribution in [3.05, 3.63) is 29.8 Å². The first kappa shape index (κ1) is 14.7. The number of nitrogens with one attached hydrogen (secondary N) is 1. The number of rotatable bonds is 4. The summed E-state index contributed by atoms with van der Waals surface area (Å²) in [6, 6.07) is 7.45. The average molecular weight is 294 g/mol. The second kappa shape index (κ2) is 6.65. The minimum Gasteiger partial charge on any atom is -0.481 e. The lowest BCUT2D eigenvalue weighted by atomic mass is 10.1. The Morgan fingerprint density at radius 2 is 2.20 bits per heavy atom. The molecule has 2 amide bonds. The molecule has 0 spiro atoms. The predicted octanol–water partition coefficient (Wildman–Crippen LogP) is 2.49. The van der Waals surface area contributed by atoms with Gasteiger partial charge in [0.1, 0.15) is 0 Å². The number of urea groups is 1. The molecule has 1 aliphatic heterocycles. The fourth-order valence-corrected chi connectivity index (χ4v) is 2.83. The van der Waals surface area contributed by atoms with Crippen molar-refractivity contribution in [1.82, 2.24) is 4.90 Å². The third kappa shape index (κ3) is 3.45. The van der Waals surface area contributed by atoms with E-state index in [-0.39, 0.29) is 12.6 Å². The Morgan fingerprint density at radius 1 is 1.45 bits per heavy atom. The molecule has 0 aromatic heterocycles. The summed E-state index contributed by atoms with van der Waals surface area (Å²) in [5, 5.41) is 11.8. The van der Waals surface area contributed by atoms with Crippen molar-refractivity contribution in [2.75, 3.05) is 24.7 Å². The number of benzene rings is 1. The van der Waals surface area contributed by atoms with E-state index in [1.54, 1.807) is 16.7 Å². The summed E-state index contributed by atoms with van der Waals surface area (Å²) in [4.78, 5) is 24.6. The van der Waals surface area contributed by atoms with Gasteiger partial charge in [-0.1, -0.05) is 18.2 Å². The molecule has 1 aliphatic rings. The number of carbonyl (C=O) groups excluding carboxylic acids is 1. The molecule has 1 heterocycles. The molecule has 1 saturated heterocycles. The van der Waals surface area contributed by atoms with Crippen molar-refractivity contribution < 1.29 is 14.7 Å². The number of carboxylic acid groups (broad SMARTS) is 1. The average Bonchev–Trinajstić information content (AvgIpc) is 2.91. The molecule has 5 nitrogen and oxygen atoms in total. The number of hydrogen-bond donors (Lipinski definition) is 2. The molecule has 108 valence electrons. The van der Waals surface area contributed by atoms with Crippen LogP contribution >= 0.6 is 11.8 Å². The predicted molar refractivity (Wildman–Crippen MR) is 80.0 cm³/mol. The molecule has 1 unspecified atom stereocenters. The molecule has 0 radical (unpaired) electrons. The smallest absolute Gasteiger partial charge is 0.321 e. The van der Waals surface area contributed by atoms with Crippen LogP contribution in [-0.2, 0) is 10.5 Å². The van der Waals surface area contributed by atoms with Crippen molar-refractivity contribution in [2.24, 2.45) is 5.92 Å². The summed E-state index contributed by atoms with van der Waals surface area (Å²) in [5.74, 6) is -0.445. The number of nitrogens with zero attached hydrogens (tertiary/aromatic N) is 1. The molecule has 6 heteroatoms. The van der Waals surface area contributed by atoms with Crippen LogP contribution in [0.2, 0.25) is 0 Å². The van der Waals surface area contributed by atoms with E-state index in [0.717, 1.165) is 17.0 Å². The quantitative estimate of drug-likeness (QED) is 0.895. The van der Waals surface area contributed by atoms with Crippen molar-refractivity contribution in [1.29, 1.82) is 0 Å². The molecule has 2 N–H and O–H groups in total. The Balaban J connectivity index is 2.00. The Hall–Kier alpha value is -1.69. The van der Waals surface area contributed by atoms with Crippen LogP contribution in [0.25, 0.3) is 0 Å². The lowest BCUT2D eigenvalue weighted by Gasteiger charge is -2.18. The first-order chi connectivity index (χ1) is 9.61. The monoisotopic (exact) mass is 294 g/mol. The van der Waals surface area contributed by atoms with Crippen molar-refractivity contribution >= 4 is 29.4 Å². The highest BCUT2D eigenvalue weighted by Crippen LogP contribution is 2.22. The summed E-state index contributed by atoms with van der Waals surface area (Å²) < 4.78 is 0. The number of aliphatic carboxylic acids is 1. The van der Waals surface area contributed by atoms with Gasteiger partial charge in [-0.25, -0.2) is 4.79 Å². The van der Waals surface area contributed by atoms with Gasteiger partial charge in [0.2, 0.25) is 0 Å². The van der Waals surface area contributed by atoms with E-state index in [4.69, 9.17) is 5.11 Å². The number of likely N-dealkylation sites (tertiary alicyclic amines) is 1. The molecular formula is C14H18N2O3S. The topological polar surface area (TPSA) is 69.6 Å². The van der Waals surface area contributed by atoms with Gasteiger partial charge in [0, 0.05) is 24.5 Å². The summed E-state index contributed by atoms with van der Waals surface area (Å²) >= 11 is 1.69. The Morgan fingerprint density at radius 3 is 2.85 bits per heavy atom. The summed E-state index contributed by atoms with van der Waals surface area (Å²) in [7, 11) is 0. The molecule has 0 aliphatic carbocycles. The van der Waals surface area contributed by atoms with E-state index >= 15 is 0 Å². The molecule has 2 rings (SSSR count). The van der Waals surface area contributed by atoms with E-state index < -0.39 is 11.9 Å². The summed E-state index contributed by atoms with van der Waals surface area (Å²) in [6.45, 7) is 0.777. The Kier molecular flexibility index (Phi) is 4.89. The van der Waals surface area contributed by atoms with E-state index in [1.165, 1.54) is 0 Å². The van der Waals surface area contributed by atoms with Crippen LogP contribution in [-0.4, -0.2) is 41.4 Å². The molecule has 20 heavy (non-hydrogen) atoms. The van der Waals surface area contributed by atoms with Gasteiger partial charge in [-0.15, -0.1) is 0 Å². The summed E-state index contributed by atoms with van der Waals surface area (Å²) in [5.41, 5.74) is 1.87. The SMILES string of the molecule is CSCc1ccccc1NC(=O)N1CCC(C(=O)O)C1. The van der Waals surface area contributed by atoms with Crippen LogP contribution in [0.3, 0.4) is 0 Å². The van der Waals surface area contributed by atoms with Crippen LogP contribution in [0.1, 0.15) is 12.0 Å².